The molecule has 0 N–H and O–H groups in total. The highest BCUT2D eigenvalue weighted by Gasteiger charge is 2.28. The van der Waals surface area contributed by atoms with Crippen molar-refractivity contribution >= 4 is 5.69 Å². The van der Waals surface area contributed by atoms with Crippen LogP contribution in [0.5, 0.6) is 0 Å². The van der Waals surface area contributed by atoms with E-state index < -0.39 is 0 Å². The minimum atomic E-state index is 0.719. The van der Waals surface area contributed by atoms with Gasteiger partial charge >= 0.3 is 0 Å². The maximum absolute atomic E-state index is 2.52. The maximum Gasteiger partial charge on any atom is 0.180 e. The Bertz CT molecular complexity index is 255. The minimum absolute atomic E-state index is 0.719. The molecule has 0 spiro atoms. The molecule has 1 radical (unpaired) electrons. The smallest absolute Gasteiger partial charge is 0.132 e. The second kappa shape index (κ2) is 3.93. The van der Waals surface area contributed by atoms with Gasteiger partial charge in [-0.15, -0.1) is 4.90 Å². The molecule has 1 aliphatic rings. The van der Waals surface area contributed by atoms with E-state index in [2.05, 4.69) is 42.2 Å². The van der Waals surface area contributed by atoms with Crippen molar-refractivity contribution in [2.45, 2.75) is 32.2 Å². The van der Waals surface area contributed by atoms with Crippen molar-refractivity contribution in [3.63, 3.8) is 0 Å². The number of piperidine rings is 1. The monoisotopic (exact) mass is 175 g/mol. The summed E-state index contributed by atoms with van der Waals surface area (Å²) in [4.78, 5) is 2.52. The van der Waals surface area contributed by atoms with E-state index in [-0.39, 0.29) is 0 Å². The van der Waals surface area contributed by atoms with Crippen molar-refractivity contribution in [3.05, 3.63) is 30.3 Å². The van der Waals surface area contributed by atoms with Crippen molar-refractivity contribution < 1.29 is 0 Å². The molecule has 1 saturated heterocycles. The largest absolute Gasteiger partial charge is 0.180 e. The zero-order valence-corrected chi connectivity index (χ0v) is 8.24. The third-order valence-electron chi connectivity index (χ3n) is 2.89. The molecule has 1 aromatic carbocycles. The average Bonchev–Trinajstić information content (AvgIpc) is 2.20. The van der Waals surface area contributed by atoms with Gasteiger partial charge in [-0.2, -0.15) is 0 Å². The predicted molar refractivity (Wildman–Crippen MR) is 56.4 cm³/mol. The molecular weight excluding hydrogens is 158 g/mol. The fraction of sp³-hybridized carbons (Fsp3) is 0.500. The summed E-state index contributed by atoms with van der Waals surface area (Å²) >= 11 is 0. The summed E-state index contributed by atoms with van der Waals surface area (Å²) in [6.07, 6.45) is 4.08. The van der Waals surface area contributed by atoms with E-state index in [4.69, 9.17) is 0 Å². The van der Waals surface area contributed by atoms with E-state index in [9.17, 15) is 0 Å². The fourth-order valence-electron chi connectivity index (χ4n) is 2.10. The summed E-state index contributed by atoms with van der Waals surface area (Å²) in [7, 11) is 0. The number of hydrogen-bond acceptors (Lipinski definition) is 1. The molecule has 1 nitrogen and oxygen atoms in total. The number of anilines is 1. The van der Waals surface area contributed by atoms with E-state index in [1.165, 1.54) is 31.5 Å². The molecule has 0 aliphatic carbocycles. The summed E-state index contributed by atoms with van der Waals surface area (Å²) in [5.41, 5.74) is 1.38. The molecular formula is C12H17N+. The van der Waals surface area contributed by atoms with Crippen LogP contribution >= 0.6 is 0 Å². The topological polar surface area (TPSA) is 5.90 Å². The Balaban J connectivity index is 2.15. The average molecular weight is 175 g/mol. The van der Waals surface area contributed by atoms with Gasteiger partial charge in [0, 0.05) is 25.0 Å². The van der Waals surface area contributed by atoms with Gasteiger partial charge in [-0.1, -0.05) is 18.2 Å². The van der Waals surface area contributed by atoms with Crippen LogP contribution in [0.25, 0.3) is 0 Å². The van der Waals surface area contributed by atoms with E-state index in [1.807, 2.05) is 0 Å². The van der Waals surface area contributed by atoms with Crippen molar-refractivity contribution in [2.24, 2.45) is 0 Å². The van der Waals surface area contributed by atoms with Gasteiger partial charge in [0.05, 0.1) is 0 Å². The van der Waals surface area contributed by atoms with E-state index in [0.717, 1.165) is 6.04 Å². The predicted octanol–water partition coefficient (Wildman–Crippen LogP) is 3.03. The molecule has 0 bridgehead atoms. The molecule has 13 heavy (non-hydrogen) atoms. The van der Waals surface area contributed by atoms with Crippen LogP contribution in [0, 0.1) is 0 Å². The summed E-state index contributed by atoms with van der Waals surface area (Å²) in [6, 6.07) is 11.5. The normalized spacial score (nSPS) is 24.5. The van der Waals surface area contributed by atoms with Crippen molar-refractivity contribution in [1.82, 2.24) is 4.90 Å². The van der Waals surface area contributed by atoms with E-state index in [0.29, 0.717) is 0 Å². The third-order valence-corrected chi connectivity index (χ3v) is 2.89. The van der Waals surface area contributed by atoms with Gasteiger partial charge in [0.25, 0.3) is 0 Å². The lowest BCUT2D eigenvalue weighted by atomic mass is 10.0. The first-order valence-corrected chi connectivity index (χ1v) is 5.19. The minimum Gasteiger partial charge on any atom is -0.132 e. The zero-order chi connectivity index (χ0) is 9.10. The second-order valence-electron chi connectivity index (χ2n) is 3.87. The molecule has 1 unspecified atom stereocenters. The van der Waals surface area contributed by atoms with Gasteiger partial charge in [-0.25, -0.2) is 0 Å². The molecule has 0 saturated carbocycles. The lowest BCUT2D eigenvalue weighted by Crippen LogP contribution is -2.38. The quantitative estimate of drug-likeness (QED) is 0.579. The highest BCUT2D eigenvalue weighted by atomic mass is 15.2. The van der Waals surface area contributed by atoms with Gasteiger partial charge < -0.3 is 0 Å². The lowest BCUT2D eigenvalue weighted by molar-refractivity contribution is 0.336. The van der Waals surface area contributed by atoms with Crippen LogP contribution in [0.15, 0.2) is 30.3 Å². The Morgan fingerprint density at radius 1 is 1.15 bits per heavy atom. The molecule has 1 heteroatoms. The number of hydrogen-bond donors (Lipinski definition) is 0. The molecule has 1 fully saturated rings. The highest BCUT2D eigenvalue weighted by Crippen LogP contribution is 2.23. The van der Waals surface area contributed by atoms with Gasteiger partial charge in [0.2, 0.25) is 0 Å². The Kier molecular flexibility index (Phi) is 2.65. The number of para-hydroxylation sites is 1. The van der Waals surface area contributed by atoms with Crippen LogP contribution in [-0.2, 0) is 0 Å². The maximum atomic E-state index is 2.52. The standard InChI is InChI=1S/C12H17N/c1-11-7-5-6-10-13(11)12-8-3-2-4-9-12/h2-4,8-9,11H,5-7,10H2,1H3/q+1. The first-order chi connectivity index (χ1) is 6.38. The summed E-state index contributed by atoms with van der Waals surface area (Å²) < 4.78 is 0. The first-order valence-electron chi connectivity index (χ1n) is 5.19. The summed E-state index contributed by atoms with van der Waals surface area (Å²) in [6.45, 7) is 3.55. The third kappa shape index (κ3) is 1.92. The van der Waals surface area contributed by atoms with Gasteiger partial charge in [-0.05, 0) is 13.3 Å². The SMILES string of the molecule is CC1CCCC[N+]1c1ccccc1. The van der Waals surface area contributed by atoms with Crippen molar-refractivity contribution in [3.8, 4) is 0 Å². The Morgan fingerprint density at radius 3 is 2.62 bits per heavy atom. The Morgan fingerprint density at radius 2 is 1.92 bits per heavy atom. The van der Waals surface area contributed by atoms with Crippen LogP contribution in [0.4, 0.5) is 5.69 Å². The molecule has 0 amide bonds. The molecule has 1 aromatic rings. The van der Waals surface area contributed by atoms with Gasteiger partial charge in [0.15, 0.2) is 5.69 Å². The molecule has 1 heterocycles. The van der Waals surface area contributed by atoms with E-state index in [1.54, 1.807) is 0 Å². The molecule has 1 atom stereocenters. The van der Waals surface area contributed by atoms with Crippen molar-refractivity contribution in [2.75, 3.05) is 6.54 Å². The van der Waals surface area contributed by atoms with Crippen LogP contribution in [0.3, 0.4) is 0 Å². The Hall–Kier alpha value is -0.820. The lowest BCUT2D eigenvalue weighted by Gasteiger charge is -2.22. The fourth-order valence-corrected chi connectivity index (χ4v) is 2.10. The summed E-state index contributed by atoms with van der Waals surface area (Å²) in [5.74, 6) is 0. The second-order valence-corrected chi connectivity index (χ2v) is 3.87. The van der Waals surface area contributed by atoms with E-state index >= 15 is 0 Å². The first kappa shape index (κ1) is 8.76. The molecule has 0 aromatic heterocycles. The van der Waals surface area contributed by atoms with Crippen LogP contribution in [0.1, 0.15) is 26.2 Å². The summed E-state index contributed by atoms with van der Waals surface area (Å²) in [5, 5.41) is 0. The zero-order valence-electron chi connectivity index (χ0n) is 8.24. The Labute approximate surface area is 80.4 Å². The van der Waals surface area contributed by atoms with Crippen LogP contribution in [0.2, 0.25) is 0 Å². The van der Waals surface area contributed by atoms with Gasteiger partial charge in [-0.3, -0.25) is 0 Å². The van der Waals surface area contributed by atoms with Crippen molar-refractivity contribution in [1.29, 1.82) is 0 Å². The van der Waals surface area contributed by atoms with Crippen LogP contribution in [-0.4, -0.2) is 12.6 Å². The van der Waals surface area contributed by atoms with Crippen LogP contribution < -0.4 is 4.90 Å². The number of rotatable bonds is 1. The molecule has 1 aliphatic heterocycles. The molecule has 2 rings (SSSR count). The highest BCUT2D eigenvalue weighted by molar-refractivity contribution is 5.38. The number of nitrogens with zero attached hydrogens (tertiary/aromatic N) is 1. The van der Waals surface area contributed by atoms with Gasteiger partial charge in [0.1, 0.15) is 12.6 Å². The number of benzene rings is 1. The molecule has 69 valence electrons.